The standard InChI is InChI=1S/C18H13N5O2/c1-11(23-17(24)12-4-2-3-5-13(12)18(23)25)15-16(22-9-8-21-15)14-10-19-6-7-20-14/h2-11H,1H3. The van der Waals surface area contributed by atoms with Crippen molar-refractivity contribution >= 4 is 11.8 Å². The quantitative estimate of drug-likeness (QED) is 0.684. The second-order valence-electron chi connectivity index (χ2n) is 5.58. The third-order valence-electron chi connectivity index (χ3n) is 4.14. The van der Waals surface area contributed by atoms with Crippen LogP contribution in [0.5, 0.6) is 0 Å². The summed E-state index contributed by atoms with van der Waals surface area (Å²) in [6, 6.07) is 6.21. The van der Waals surface area contributed by atoms with Gasteiger partial charge in [-0.1, -0.05) is 12.1 Å². The number of amides is 2. The first-order chi connectivity index (χ1) is 12.2. The molecule has 3 heterocycles. The zero-order valence-corrected chi connectivity index (χ0v) is 13.3. The first-order valence-corrected chi connectivity index (χ1v) is 7.72. The van der Waals surface area contributed by atoms with Crippen LogP contribution in [0.25, 0.3) is 11.4 Å². The van der Waals surface area contributed by atoms with Gasteiger partial charge in [-0.2, -0.15) is 0 Å². The Morgan fingerprint density at radius 2 is 1.52 bits per heavy atom. The minimum Gasteiger partial charge on any atom is -0.269 e. The summed E-state index contributed by atoms with van der Waals surface area (Å²) in [5.74, 6) is -0.660. The van der Waals surface area contributed by atoms with Crippen LogP contribution in [-0.2, 0) is 0 Å². The third-order valence-corrected chi connectivity index (χ3v) is 4.14. The van der Waals surface area contributed by atoms with E-state index in [4.69, 9.17) is 0 Å². The maximum Gasteiger partial charge on any atom is 0.262 e. The molecule has 0 aliphatic carbocycles. The third kappa shape index (κ3) is 2.37. The minimum absolute atomic E-state index is 0.330. The van der Waals surface area contributed by atoms with Crippen LogP contribution in [0.2, 0.25) is 0 Å². The minimum atomic E-state index is -0.585. The Morgan fingerprint density at radius 3 is 2.16 bits per heavy atom. The van der Waals surface area contributed by atoms with Crippen molar-refractivity contribution in [1.82, 2.24) is 24.8 Å². The van der Waals surface area contributed by atoms with Gasteiger partial charge in [-0.05, 0) is 19.1 Å². The fourth-order valence-corrected chi connectivity index (χ4v) is 2.96. The highest BCUT2D eigenvalue weighted by Crippen LogP contribution is 2.33. The molecule has 7 heteroatoms. The van der Waals surface area contributed by atoms with E-state index in [2.05, 4.69) is 19.9 Å². The van der Waals surface area contributed by atoms with Crippen LogP contribution in [0.15, 0.2) is 55.2 Å². The summed E-state index contributed by atoms with van der Waals surface area (Å²) in [5.41, 5.74) is 2.35. The van der Waals surface area contributed by atoms with Crippen molar-refractivity contribution in [2.75, 3.05) is 0 Å². The summed E-state index contributed by atoms with van der Waals surface area (Å²) in [4.78, 5) is 43.6. The van der Waals surface area contributed by atoms with Gasteiger partial charge in [-0.3, -0.25) is 34.4 Å². The van der Waals surface area contributed by atoms with Crippen molar-refractivity contribution in [3.63, 3.8) is 0 Å². The van der Waals surface area contributed by atoms with Crippen molar-refractivity contribution < 1.29 is 9.59 Å². The van der Waals surface area contributed by atoms with E-state index in [1.54, 1.807) is 56.0 Å². The Kier molecular flexibility index (Phi) is 3.53. The van der Waals surface area contributed by atoms with Crippen LogP contribution in [-0.4, -0.2) is 36.7 Å². The van der Waals surface area contributed by atoms with Crippen molar-refractivity contribution in [2.24, 2.45) is 0 Å². The topological polar surface area (TPSA) is 88.9 Å². The van der Waals surface area contributed by atoms with Crippen LogP contribution in [0.1, 0.15) is 39.4 Å². The summed E-state index contributed by atoms with van der Waals surface area (Å²) < 4.78 is 0. The molecule has 4 rings (SSSR count). The average Bonchev–Trinajstić information content (AvgIpc) is 2.93. The summed E-state index contributed by atoms with van der Waals surface area (Å²) in [6.07, 6.45) is 7.77. The molecule has 3 aromatic rings. The molecule has 0 bridgehead atoms. The van der Waals surface area contributed by atoms with Crippen LogP contribution >= 0.6 is 0 Å². The number of benzene rings is 1. The van der Waals surface area contributed by atoms with Gasteiger partial charge in [0.05, 0.1) is 29.1 Å². The summed E-state index contributed by atoms with van der Waals surface area (Å²) >= 11 is 0. The van der Waals surface area contributed by atoms with Gasteiger partial charge < -0.3 is 0 Å². The summed E-state index contributed by atoms with van der Waals surface area (Å²) in [5, 5.41) is 0. The normalized spacial score (nSPS) is 14.5. The van der Waals surface area contributed by atoms with Gasteiger partial charge in [0, 0.05) is 24.8 Å². The molecule has 1 aromatic carbocycles. The molecule has 1 unspecified atom stereocenters. The predicted octanol–water partition coefficient (Wildman–Crippen LogP) is 2.29. The van der Waals surface area contributed by atoms with Gasteiger partial charge >= 0.3 is 0 Å². The van der Waals surface area contributed by atoms with Crippen molar-refractivity contribution in [3.8, 4) is 11.4 Å². The van der Waals surface area contributed by atoms with E-state index in [-0.39, 0.29) is 11.8 Å². The molecule has 25 heavy (non-hydrogen) atoms. The van der Waals surface area contributed by atoms with E-state index in [0.29, 0.717) is 28.2 Å². The van der Waals surface area contributed by atoms with E-state index >= 15 is 0 Å². The van der Waals surface area contributed by atoms with E-state index in [0.717, 1.165) is 0 Å². The van der Waals surface area contributed by atoms with Crippen molar-refractivity contribution in [1.29, 1.82) is 0 Å². The first-order valence-electron chi connectivity index (χ1n) is 7.72. The number of hydrogen-bond acceptors (Lipinski definition) is 6. The highest BCUT2D eigenvalue weighted by atomic mass is 16.2. The number of carbonyl (C=O) groups is 2. The Hall–Kier alpha value is -3.48. The predicted molar refractivity (Wildman–Crippen MR) is 88.4 cm³/mol. The second-order valence-corrected chi connectivity index (χ2v) is 5.58. The molecule has 2 amide bonds. The molecule has 2 aromatic heterocycles. The van der Waals surface area contributed by atoms with Crippen LogP contribution < -0.4 is 0 Å². The Morgan fingerprint density at radius 1 is 0.880 bits per heavy atom. The average molecular weight is 331 g/mol. The lowest BCUT2D eigenvalue weighted by molar-refractivity contribution is 0.0592. The van der Waals surface area contributed by atoms with Gasteiger partial charge in [-0.25, -0.2) is 0 Å². The van der Waals surface area contributed by atoms with Gasteiger partial charge in [-0.15, -0.1) is 0 Å². The molecule has 0 fully saturated rings. The SMILES string of the molecule is CC(c1nccnc1-c1cnccn1)N1C(=O)c2ccccc2C1=O. The number of fused-ring (bicyclic) bond motifs is 1. The molecule has 1 aliphatic heterocycles. The molecule has 122 valence electrons. The number of imide groups is 1. The fraction of sp³-hybridized carbons (Fsp3) is 0.111. The molecule has 0 N–H and O–H groups in total. The number of hydrogen-bond donors (Lipinski definition) is 0. The first kappa shape index (κ1) is 15.1. The van der Waals surface area contributed by atoms with Gasteiger partial charge in [0.15, 0.2) is 0 Å². The highest BCUT2D eigenvalue weighted by molar-refractivity contribution is 6.21. The van der Waals surface area contributed by atoms with Crippen LogP contribution in [0.4, 0.5) is 0 Å². The van der Waals surface area contributed by atoms with Gasteiger partial charge in [0.2, 0.25) is 0 Å². The second kappa shape index (κ2) is 5.86. The molecule has 0 spiro atoms. The summed E-state index contributed by atoms with van der Waals surface area (Å²) in [7, 11) is 0. The smallest absolute Gasteiger partial charge is 0.262 e. The Labute approximate surface area is 143 Å². The molecule has 0 saturated heterocycles. The van der Waals surface area contributed by atoms with E-state index in [9.17, 15) is 9.59 Å². The molecule has 0 radical (unpaired) electrons. The van der Waals surface area contributed by atoms with Crippen molar-refractivity contribution in [2.45, 2.75) is 13.0 Å². The molecule has 0 saturated carbocycles. The monoisotopic (exact) mass is 331 g/mol. The van der Waals surface area contributed by atoms with Gasteiger partial charge in [0.1, 0.15) is 11.4 Å². The number of aromatic nitrogens is 4. The van der Waals surface area contributed by atoms with Crippen LogP contribution in [0.3, 0.4) is 0 Å². The lowest BCUT2D eigenvalue weighted by atomic mass is 10.1. The van der Waals surface area contributed by atoms with Crippen LogP contribution in [0, 0.1) is 0 Å². The maximum atomic E-state index is 12.7. The molecule has 7 nitrogen and oxygen atoms in total. The maximum absolute atomic E-state index is 12.7. The zero-order valence-electron chi connectivity index (χ0n) is 13.3. The number of carbonyl (C=O) groups excluding carboxylic acids is 2. The van der Waals surface area contributed by atoms with Crippen molar-refractivity contribution in [3.05, 3.63) is 72.1 Å². The molecular formula is C18H13N5O2. The molecule has 1 atom stereocenters. The van der Waals surface area contributed by atoms with E-state index in [1.165, 1.54) is 11.1 Å². The molecular weight excluding hydrogens is 318 g/mol. The lowest BCUT2D eigenvalue weighted by Crippen LogP contribution is -2.33. The number of nitrogens with zero attached hydrogens (tertiary/aromatic N) is 5. The van der Waals surface area contributed by atoms with E-state index in [1.807, 2.05) is 0 Å². The largest absolute Gasteiger partial charge is 0.269 e. The highest BCUT2D eigenvalue weighted by Gasteiger charge is 2.40. The summed E-state index contributed by atoms with van der Waals surface area (Å²) in [6.45, 7) is 1.76. The number of rotatable bonds is 3. The van der Waals surface area contributed by atoms with Gasteiger partial charge in [0.25, 0.3) is 11.8 Å². The fourth-order valence-electron chi connectivity index (χ4n) is 2.96. The lowest BCUT2D eigenvalue weighted by Gasteiger charge is -2.23. The Balaban J connectivity index is 1.78. The zero-order chi connectivity index (χ0) is 17.4. The molecule has 1 aliphatic rings. The van der Waals surface area contributed by atoms with E-state index < -0.39 is 6.04 Å². The Bertz CT molecular complexity index is 939.